The number of halogens is 12. The van der Waals surface area contributed by atoms with E-state index in [2.05, 4.69) is 9.47 Å². The van der Waals surface area contributed by atoms with Gasteiger partial charge >= 0.3 is 36.0 Å². The Labute approximate surface area is 155 Å². The van der Waals surface area contributed by atoms with Crippen LogP contribution in [0.4, 0.5) is 52.7 Å². The van der Waals surface area contributed by atoms with E-state index in [4.69, 9.17) is 9.84 Å². The molecule has 1 N–H and O–H groups in total. The standard InChI is InChI=1S/C13H16F12O4/c14-8(15)10(18,19)12(22,23)13(24,25)11(20,21)9(16,17)7-29-6-5-28-4-3-27-2-1-26/h8,26H,1-7H2. The quantitative estimate of drug-likeness (QED) is 0.298. The lowest BCUT2D eigenvalue weighted by Gasteiger charge is -2.39. The summed E-state index contributed by atoms with van der Waals surface area (Å²) in [5.74, 6) is -35.4. The Morgan fingerprint density at radius 2 is 1.00 bits per heavy atom. The van der Waals surface area contributed by atoms with E-state index in [1.807, 2.05) is 0 Å². The number of aliphatic hydroxyl groups is 1. The summed E-state index contributed by atoms with van der Waals surface area (Å²) in [6, 6.07) is 0. The summed E-state index contributed by atoms with van der Waals surface area (Å²) in [6.07, 6.45) is -5.54. The van der Waals surface area contributed by atoms with Gasteiger partial charge in [0.15, 0.2) is 0 Å². The van der Waals surface area contributed by atoms with Gasteiger partial charge in [-0.15, -0.1) is 0 Å². The maximum Gasteiger partial charge on any atom is 0.384 e. The molecule has 0 saturated heterocycles. The first kappa shape index (κ1) is 28.0. The Kier molecular flexibility index (Phi) is 9.99. The third-order valence-corrected chi connectivity index (χ3v) is 3.20. The topological polar surface area (TPSA) is 47.9 Å². The fourth-order valence-electron chi connectivity index (χ4n) is 1.57. The van der Waals surface area contributed by atoms with Gasteiger partial charge in [-0.3, -0.25) is 0 Å². The Morgan fingerprint density at radius 1 is 0.586 bits per heavy atom. The van der Waals surface area contributed by atoms with Crippen LogP contribution in [0.1, 0.15) is 0 Å². The van der Waals surface area contributed by atoms with Gasteiger partial charge in [-0.05, 0) is 0 Å². The molecule has 0 spiro atoms. The predicted octanol–water partition coefficient (Wildman–Crippen LogP) is 3.47. The summed E-state index contributed by atoms with van der Waals surface area (Å²) in [5.41, 5.74) is 0. The molecule has 176 valence electrons. The van der Waals surface area contributed by atoms with Crippen LogP contribution in [0, 0.1) is 0 Å². The monoisotopic (exact) mass is 464 g/mol. The molecule has 0 amide bonds. The van der Waals surface area contributed by atoms with Crippen molar-refractivity contribution in [2.75, 3.05) is 46.2 Å². The Morgan fingerprint density at radius 3 is 1.41 bits per heavy atom. The average molecular weight is 464 g/mol. The highest BCUT2D eigenvalue weighted by Crippen LogP contribution is 2.58. The van der Waals surface area contributed by atoms with E-state index in [9.17, 15) is 52.7 Å². The maximum absolute atomic E-state index is 13.3. The summed E-state index contributed by atoms with van der Waals surface area (Å²) in [6.45, 7) is -4.74. The lowest BCUT2D eigenvalue weighted by atomic mass is 9.94. The highest BCUT2D eigenvalue weighted by atomic mass is 19.4. The number of hydrogen-bond acceptors (Lipinski definition) is 4. The first-order valence-corrected chi connectivity index (χ1v) is 7.52. The SMILES string of the molecule is OCCOCCOCCOCC(F)(F)C(F)(F)C(F)(F)C(F)(F)C(F)(F)C(F)F. The van der Waals surface area contributed by atoms with Gasteiger partial charge in [-0.25, -0.2) is 8.78 Å². The Bertz CT molecular complexity index is 486. The van der Waals surface area contributed by atoms with Crippen LogP contribution in [0.15, 0.2) is 0 Å². The molecule has 0 fully saturated rings. The molecule has 0 radical (unpaired) electrons. The van der Waals surface area contributed by atoms with E-state index in [-0.39, 0.29) is 26.4 Å². The van der Waals surface area contributed by atoms with Crippen molar-refractivity contribution < 1.29 is 72.0 Å². The number of alkyl halides is 12. The minimum Gasteiger partial charge on any atom is -0.394 e. The van der Waals surface area contributed by atoms with Crippen LogP contribution < -0.4 is 0 Å². The lowest BCUT2D eigenvalue weighted by molar-refractivity contribution is -0.415. The molecule has 0 bridgehead atoms. The fourth-order valence-corrected chi connectivity index (χ4v) is 1.57. The molecule has 0 saturated carbocycles. The number of rotatable bonds is 15. The molecule has 0 unspecified atom stereocenters. The lowest BCUT2D eigenvalue weighted by Crippen LogP contribution is -2.69. The van der Waals surface area contributed by atoms with E-state index >= 15 is 0 Å². The minimum atomic E-state index is -7.56. The van der Waals surface area contributed by atoms with Crippen LogP contribution in [0.3, 0.4) is 0 Å². The zero-order valence-corrected chi connectivity index (χ0v) is 14.2. The van der Waals surface area contributed by atoms with Gasteiger partial charge in [0.05, 0.1) is 39.6 Å². The highest BCUT2D eigenvalue weighted by molar-refractivity contribution is 5.09. The number of aliphatic hydroxyl groups excluding tert-OH is 1. The van der Waals surface area contributed by atoms with Gasteiger partial charge in [-0.1, -0.05) is 0 Å². The normalized spacial score (nSPS) is 14.7. The van der Waals surface area contributed by atoms with Crippen molar-refractivity contribution in [1.82, 2.24) is 0 Å². The zero-order valence-electron chi connectivity index (χ0n) is 14.2. The molecule has 4 nitrogen and oxygen atoms in total. The molecular formula is C13H16F12O4. The Hall–Kier alpha value is -1.00. The van der Waals surface area contributed by atoms with Crippen LogP contribution in [0.2, 0.25) is 0 Å². The van der Waals surface area contributed by atoms with Crippen LogP contribution in [0.5, 0.6) is 0 Å². The average Bonchev–Trinajstić information content (AvgIpc) is 2.59. The van der Waals surface area contributed by atoms with Crippen molar-refractivity contribution in [3.8, 4) is 0 Å². The summed E-state index contributed by atoms with van der Waals surface area (Å²) >= 11 is 0. The van der Waals surface area contributed by atoms with Gasteiger partial charge in [0.1, 0.15) is 6.61 Å². The van der Waals surface area contributed by atoms with E-state index in [0.29, 0.717) is 0 Å². The van der Waals surface area contributed by atoms with Crippen molar-refractivity contribution in [3.05, 3.63) is 0 Å². The fraction of sp³-hybridized carbons (Fsp3) is 1.00. The van der Waals surface area contributed by atoms with E-state index < -0.39 is 55.9 Å². The first-order chi connectivity index (χ1) is 13.0. The zero-order chi connectivity index (χ0) is 23.1. The number of hydrogen-bond donors (Lipinski definition) is 1. The molecule has 29 heavy (non-hydrogen) atoms. The molecule has 0 rings (SSSR count). The second-order valence-electron chi connectivity index (χ2n) is 5.35. The molecular weight excluding hydrogens is 448 g/mol. The van der Waals surface area contributed by atoms with Gasteiger partial charge in [-0.2, -0.15) is 43.9 Å². The maximum atomic E-state index is 13.3. The van der Waals surface area contributed by atoms with Crippen molar-refractivity contribution in [2.24, 2.45) is 0 Å². The van der Waals surface area contributed by atoms with Gasteiger partial charge < -0.3 is 19.3 Å². The molecule has 0 atom stereocenters. The van der Waals surface area contributed by atoms with Crippen LogP contribution in [0.25, 0.3) is 0 Å². The molecule has 0 aromatic carbocycles. The highest BCUT2D eigenvalue weighted by Gasteiger charge is 2.87. The third-order valence-electron chi connectivity index (χ3n) is 3.20. The van der Waals surface area contributed by atoms with E-state index in [1.54, 1.807) is 0 Å². The first-order valence-electron chi connectivity index (χ1n) is 7.52. The summed E-state index contributed by atoms with van der Waals surface area (Å²) in [7, 11) is 0. The van der Waals surface area contributed by atoms with Gasteiger partial charge in [0, 0.05) is 0 Å². The summed E-state index contributed by atoms with van der Waals surface area (Å²) in [4.78, 5) is 0. The van der Waals surface area contributed by atoms with Crippen molar-refractivity contribution in [1.29, 1.82) is 0 Å². The molecule has 0 aromatic heterocycles. The molecule has 0 aliphatic heterocycles. The van der Waals surface area contributed by atoms with Gasteiger partial charge in [0.2, 0.25) is 0 Å². The second kappa shape index (κ2) is 10.3. The molecule has 0 aromatic rings. The van der Waals surface area contributed by atoms with Crippen LogP contribution in [-0.2, 0) is 14.2 Å². The van der Waals surface area contributed by atoms with Gasteiger partial charge in [0.25, 0.3) is 0 Å². The Balaban J connectivity index is 4.94. The third kappa shape index (κ3) is 6.01. The predicted molar refractivity (Wildman–Crippen MR) is 70.3 cm³/mol. The van der Waals surface area contributed by atoms with Crippen molar-refractivity contribution in [2.45, 2.75) is 36.0 Å². The molecule has 0 aliphatic rings. The second-order valence-corrected chi connectivity index (χ2v) is 5.35. The molecule has 0 aliphatic carbocycles. The largest absolute Gasteiger partial charge is 0.394 e. The molecule has 0 heterocycles. The van der Waals surface area contributed by atoms with E-state index in [0.717, 1.165) is 0 Å². The number of ether oxygens (including phenoxy) is 3. The van der Waals surface area contributed by atoms with Crippen molar-refractivity contribution in [3.63, 3.8) is 0 Å². The summed E-state index contributed by atoms with van der Waals surface area (Å²) < 4.78 is 168. The van der Waals surface area contributed by atoms with Crippen LogP contribution >= 0.6 is 0 Å². The minimum absolute atomic E-state index is 0.0510. The van der Waals surface area contributed by atoms with Crippen molar-refractivity contribution >= 4 is 0 Å². The van der Waals surface area contributed by atoms with E-state index in [1.165, 1.54) is 0 Å². The summed E-state index contributed by atoms with van der Waals surface area (Å²) in [5, 5.41) is 8.36. The van der Waals surface area contributed by atoms with Crippen LogP contribution in [-0.4, -0.2) is 87.4 Å². The smallest absolute Gasteiger partial charge is 0.384 e. The molecule has 16 heteroatoms.